The molecule has 0 aromatic heterocycles. The van der Waals surface area contributed by atoms with Crippen molar-refractivity contribution in [3.63, 3.8) is 0 Å². The van der Waals surface area contributed by atoms with Crippen molar-refractivity contribution in [2.75, 3.05) is 6.61 Å². The molecule has 0 spiro atoms. The zero-order valence-electron chi connectivity index (χ0n) is 7.73. The van der Waals surface area contributed by atoms with Crippen LogP contribution in [0.15, 0.2) is 0 Å². The van der Waals surface area contributed by atoms with E-state index in [0.29, 0.717) is 0 Å². The molecule has 74 valence electrons. The van der Waals surface area contributed by atoms with Crippen LogP contribution in [0.4, 0.5) is 0 Å². The predicted molar refractivity (Wildman–Crippen MR) is 44.6 cm³/mol. The van der Waals surface area contributed by atoms with E-state index in [0.717, 1.165) is 0 Å². The Kier molecular flexibility index (Phi) is 4.13. The fourth-order valence-corrected chi connectivity index (χ4v) is 0.820. The molecule has 0 aromatic carbocycles. The van der Waals surface area contributed by atoms with E-state index in [9.17, 15) is 10.2 Å². The highest BCUT2D eigenvalue weighted by Crippen LogP contribution is 2.23. The van der Waals surface area contributed by atoms with Gasteiger partial charge >= 0.3 is 0 Å². The SMILES string of the molecule is CC(O)C(O)C(O)C(C)(C)CO. The fraction of sp³-hybridized carbons (Fsp3) is 1.00. The number of hydrogen-bond acceptors (Lipinski definition) is 4. The van der Waals surface area contributed by atoms with Crippen molar-refractivity contribution >= 4 is 0 Å². The van der Waals surface area contributed by atoms with Crippen LogP contribution in [0.25, 0.3) is 0 Å². The molecule has 3 atom stereocenters. The summed E-state index contributed by atoms with van der Waals surface area (Å²) in [5, 5.41) is 36.5. The van der Waals surface area contributed by atoms with E-state index in [-0.39, 0.29) is 6.61 Å². The molecule has 0 rings (SSSR count). The molecule has 0 fully saturated rings. The third kappa shape index (κ3) is 2.71. The standard InChI is InChI=1S/C8H18O4/c1-5(10)6(11)7(12)8(2,3)4-9/h5-7,9-12H,4H2,1-3H3. The molecule has 4 nitrogen and oxygen atoms in total. The summed E-state index contributed by atoms with van der Waals surface area (Å²) in [6.07, 6.45) is -3.33. The normalized spacial score (nSPS) is 20.2. The fourth-order valence-electron chi connectivity index (χ4n) is 0.820. The average Bonchev–Trinajstić information content (AvgIpc) is 2.01. The molecule has 0 amide bonds. The third-order valence-corrected chi connectivity index (χ3v) is 2.03. The van der Waals surface area contributed by atoms with Crippen LogP contribution in [0.2, 0.25) is 0 Å². The maximum absolute atomic E-state index is 9.45. The lowest BCUT2D eigenvalue weighted by molar-refractivity contribution is -0.109. The minimum atomic E-state index is -1.22. The van der Waals surface area contributed by atoms with Crippen molar-refractivity contribution in [3.8, 4) is 0 Å². The summed E-state index contributed by atoms with van der Waals surface area (Å²) in [4.78, 5) is 0. The molecule has 4 heteroatoms. The molecule has 0 saturated carbocycles. The van der Waals surface area contributed by atoms with Gasteiger partial charge in [0.2, 0.25) is 0 Å². The van der Waals surface area contributed by atoms with E-state index in [2.05, 4.69) is 0 Å². The highest BCUT2D eigenvalue weighted by atomic mass is 16.4. The molecule has 0 aliphatic heterocycles. The second-order valence-corrected chi connectivity index (χ2v) is 3.82. The third-order valence-electron chi connectivity index (χ3n) is 2.03. The predicted octanol–water partition coefficient (Wildman–Crippen LogP) is -0.893. The van der Waals surface area contributed by atoms with Gasteiger partial charge in [0.15, 0.2) is 0 Å². The van der Waals surface area contributed by atoms with Crippen LogP contribution < -0.4 is 0 Å². The molecule has 3 unspecified atom stereocenters. The van der Waals surface area contributed by atoms with Gasteiger partial charge in [0.05, 0.1) is 18.8 Å². The summed E-state index contributed by atoms with van der Waals surface area (Å²) in [5.74, 6) is 0. The minimum Gasteiger partial charge on any atom is -0.396 e. The summed E-state index contributed by atoms with van der Waals surface area (Å²) >= 11 is 0. The Balaban J connectivity index is 4.27. The topological polar surface area (TPSA) is 80.9 Å². The van der Waals surface area contributed by atoms with Crippen molar-refractivity contribution < 1.29 is 20.4 Å². The second kappa shape index (κ2) is 4.18. The minimum absolute atomic E-state index is 0.238. The van der Waals surface area contributed by atoms with Crippen molar-refractivity contribution in [2.45, 2.75) is 39.1 Å². The quantitative estimate of drug-likeness (QED) is 0.450. The van der Waals surface area contributed by atoms with Crippen LogP contribution >= 0.6 is 0 Å². The van der Waals surface area contributed by atoms with Crippen LogP contribution in [0, 0.1) is 5.41 Å². The second-order valence-electron chi connectivity index (χ2n) is 3.82. The Bertz CT molecular complexity index is 133. The Hall–Kier alpha value is -0.160. The van der Waals surface area contributed by atoms with Gasteiger partial charge in [-0.2, -0.15) is 0 Å². The highest BCUT2D eigenvalue weighted by molar-refractivity contribution is 4.84. The van der Waals surface area contributed by atoms with E-state index in [4.69, 9.17) is 10.2 Å². The molecule has 0 saturated heterocycles. The van der Waals surface area contributed by atoms with Crippen LogP contribution in [0.1, 0.15) is 20.8 Å². The van der Waals surface area contributed by atoms with Gasteiger partial charge in [0.25, 0.3) is 0 Å². The number of aliphatic hydroxyl groups is 4. The molecule has 4 N–H and O–H groups in total. The van der Waals surface area contributed by atoms with Gasteiger partial charge in [-0.05, 0) is 6.92 Å². The molecule has 12 heavy (non-hydrogen) atoms. The van der Waals surface area contributed by atoms with E-state index in [1.165, 1.54) is 6.92 Å². The summed E-state index contributed by atoms with van der Waals surface area (Å²) in [5.41, 5.74) is -0.795. The molecule has 0 aliphatic carbocycles. The Morgan fingerprint density at radius 3 is 1.83 bits per heavy atom. The first-order chi connectivity index (χ1) is 5.33. The summed E-state index contributed by atoms with van der Waals surface area (Å²) < 4.78 is 0. The van der Waals surface area contributed by atoms with Crippen molar-refractivity contribution in [1.29, 1.82) is 0 Å². The average molecular weight is 178 g/mol. The number of aliphatic hydroxyl groups excluding tert-OH is 4. The molecule has 0 aliphatic rings. The van der Waals surface area contributed by atoms with Gasteiger partial charge in [-0.1, -0.05) is 13.8 Å². The van der Waals surface area contributed by atoms with E-state index >= 15 is 0 Å². The van der Waals surface area contributed by atoms with Crippen LogP contribution in [-0.4, -0.2) is 45.3 Å². The maximum atomic E-state index is 9.45. The molecular formula is C8H18O4. The molecule has 0 radical (unpaired) electrons. The van der Waals surface area contributed by atoms with E-state index in [1.807, 2.05) is 0 Å². The van der Waals surface area contributed by atoms with Crippen LogP contribution in [0.5, 0.6) is 0 Å². The van der Waals surface area contributed by atoms with Gasteiger partial charge in [-0.15, -0.1) is 0 Å². The van der Waals surface area contributed by atoms with E-state index < -0.39 is 23.7 Å². The number of rotatable bonds is 4. The van der Waals surface area contributed by atoms with E-state index in [1.54, 1.807) is 13.8 Å². The molecule has 0 bridgehead atoms. The van der Waals surface area contributed by atoms with Crippen molar-refractivity contribution in [1.82, 2.24) is 0 Å². The Morgan fingerprint density at radius 1 is 1.17 bits per heavy atom. The zero-order chi connectivity index (χ0) is 9.94. The molecule has 0 aromatic rings. The first kappa shape index (κ1) is 11.8. The number of hydrogen-bond donors (Lipinski definition) is 4. The first-order valence-corrected chi connectivity index (χ1v) is 3.98. The van der Waals surface area contributed by atoms with Gasteiger partial charge in [-0.25, -0.2) is 0 Å². The lowest BCUT2D eigenvalue weighted by Crippen LogP contribution is -2.46. The monoisotopic (exact) mass is 178 g/mol. The summed E-state index contributed by atoms with van der Waals surface area (Å²) in [6.45, 7) is 4.38. The van der Waals surface area contributed by atoms with Gasteiger partial charge in [0.1, 0.15) is 6.10 Å². The smallest absolute Gasteiger partial charge is 0.106 e. The van der Waals surface area contributed by atoms with Gasteiger partial charge in [-0.3, -0.25) is 0 Å². The summed E-state index contributed by atoms with van der Waals surface area (Å²) in [6, 6.07) is 0. The first-order valence-electron chi connectivity index (χ1n) is 3.98. The lowest BCUT2D eigenvalue weighted by Gasteiger charge is -2.32. The van der Waals surface area contributed by atoms with Crippen LogP contribution in [0.3, 0.4) is 0 Å². The molecule has 0 heterocycles. The lowest BCUT2D eigenvalue weighted by atomic mass is 9.83. The van der Waals surface area contributed by atoms with Crippen molar-refractivity contribution in [3.05, 3.63) is 0 Å². The molecular weight excluding hydrogens is 160 g/mol. The van der Waals surface area contributed by atoms with Gasteiger partial charge < -0.3 is 20.4 Å². The van der Waals surface area contributed by atoms with Gasteiger partial charge in [0, 0.05) is 5.41 Å². The largest absolute Gasteiger partial charge is 0.396 e. The zero-order valence-corrected chi connectivity index (χ0v) is 7.73. The van der Waals surface area contributed by atoms with Crippen LogP contribution in [-0.2, 0) is 0 Å². The maximum Gasteiger partial charge on any atom is 0.106 e. The summed E-state index contributed by atoms with van der Waals surface area (Å²) in [7, 11) is 0. The van der Waals surface area contributed by atoms with Crippen molar-refractivity contribution in [2.24, 2.45) is 5.41 Å². The Labute approximate surface area is 72.5 Å². The highest BCUT2D eigenvalue weighted by Gasteiger charge is 2.34. The Morgan fingerprint density at radius 2 is 1.58 bits per heavy atom.